The molecule has 1 N–H and O–H groups in total. The van der Waals surface area contributed by atoms with Gasteiger partial charge < -0.3 is 14.4 Å². The molecule has 2 heterocycles. The van der Waals surface area contributed by atoms with Crippen molar-refractivity contribution in [3.8, 4) is 0 Å². The number of fused-ring (bicyclic) bond motifs is 1. The average Bonchev–Trinajstić information content (AvgIpc) is 2.98. The summed E-state index contributed by atoms with van der Waals surface area (Å²) >= 11 is 0. The van der Waals surface area contributed by atoms with Crippen LogP contribution in [0.2, 0.25) is 0 Å². The largest absolute Gasteiger partial charge is 0.480 e. The standard InChI is InChI=1S/C24H32N2O5S/c1-17-20(19-8-9-24(2,3)15-21(19)26(17)16-23(27)28)14-18-6-4-5-7-22(18)32(29,30)25-10-12-31-13-11-25/h4-7H,8-16H2,1-3H3,(H,27,28). The van der Waals surface area contributed by atoms with Gasteiger partial charge in [0.15, 0.2) is 0 Å². The number of ether oxygens (including phenoxy) is 1. The summed E-state index contributed by atoms with van der Waals surface area (Å²) in [5.74, 6) is -0.865. The third-order valence-corrected chi connectivity index (χ3v) is 8.80. The van der Waals surface area contributed by atoms with E-state index in [1.807, 2.05) is 23.6 Å². The Kier molecular flexibility index (Phi) is 6.22. The van der Waals surface area contributed by atoms with Gasteiger partial charge in [0.2, 0.25) is 10.0 Å². The molecule has 0 radical (unpaired) electrons. The summed E-state index contributed by atoms with van der Waals surface area (Å²) in [5, 5.41) is 9.50. The number of carbonyl (C=O) groups is 1. The van der Waals surface area contributed by atoms with E-state index in [1.165, 1.54) is 9.87 Å². The zero-order chi connectivity index (χ0) is 23.1. The molecule has 0 unspecified atom stereocenters. The van der Waals surface area contributed by atoms with Crippen LogP contribution in [0.3, 0.4) is 0 Å². The summed E-state index contributed by atoms with van der Waals surface area (Å²) in [7, 11) is -3.63. The molecule has 0 saturated carbocycles. The summed E-state index contributed by atoms with van der Waals surface area (Å²) in [6, 6.07) is 7.18. The average molecular weight is 461 g/mol. The number of morpholine rings is 1. The van der Waals surface area contributed by atoms with Gasteiger partial charge in [-0.2, -0.15) is 4.31 Å². The summed E-state index contributed by atoms with van der Waals surface area (Å²) in [5.41, 5.74) is 5.15. The molecule has 2 aromatic rings. The second-order valence-corrected chi connectivity index (χ2v) is 11.5. The number of rotatable bonds is 6. The minimum atomic E-state index is -3.63. The van der Waals surface area contributed by atoms with Crippen LogP contribution in [-0.4, -0.2) is 54.7 Å². The van der Waals surface area contributed by atoms with E-state index in [4.69, 9.17) is 4.74 Å². The number of sulfonamides is 1. The Labute approximate surface area is 190 Å². The number of nitrogens with zero attached hydrogens (tertiary/aromatic N) is 2. The highest BCUT2D eigenvalue weighted by molar-refractivity contribution is 7.89. The Morgan fingerprint density at radius 2 is 1.88 bits per heavy atom. The SMILES string of the molecule is Cc1c(Cc2ccccc2S(=O)(=O)N2CCOCC2)c2c(n1CC(=O)O)CC(C)(C)CC2. The van der Waals surface area contributed by atoms with Crippen LogP contribution in [0.15, 0.2) is 29.2 Å². The molecule has 1 aromatic heterocycles. The predicted octanol–water partition coefficient (Wildman–Crippen LogP) is 3.01. The van der Waals surface area contributed by atoms with Gasteiger partial charge in [-0.25, -0.2) is 8.42 Å². The van der Waals surface area contributed by atoms with E-state index in [0.717, 1.165) is 41.8 Å². The lowest BCUT2D eigenvalue weighted by atomic mass is 9.76. The molecule has 1 saturated heterocycles. The molecule has 0 bridgehead atoms. The third-order valence-electron chi connectivity index (χ3n) is 6.80. The van der Waals surface area contributed by atoms with Crippen molar-refractivity contribution in [3.05, 3.63) is 52.3 Å². The Hall–Kier alpha value is -2.16. The smallest absolute Gasteiger partial charge is 0.323 e. The maximum Gasteiger partial charge on any atom is 0.323 e. The van der Waals surface area contributed by atoms with Crippen LogP contribution in [0.4, 0.5) is 0 Å². The molecule has 0 spiro atoms. The van der Waals surface area contributed by atoms with E-state index < -0.39 is 16.0 Å². The number of aliphatic carboxylic acids is 1. The van der Waals surface area contributed by atoms with Crippen molar-refractivity contribution in [1.29, 1.82) is 0 Å². The predicted molar refractivity (Wildman–Crippen MR) is 121 cm³/mol. The molecule has 174 valence electrons. The molecule has 4 rings (SSSR count). The molecule has 1 aromatic carbocycles. The molecule has 32 heavy (non-hydrogen) atoms. The monoisotopic (exact) mass is 460 g/mol. The van der Waals surface area contributed by atoms with Gasteiger partial charge in [-0.3, -0.25) is 4.79 Å². The van der Waals surface area contributed by atoms with Gasteiger partial charge in [0, 0.05) is 30.9 Å². The van der Waals surface area contributed by atoms with Crippen molar-refractivity contribution in [2.24, 2.45) is 5.41 Å². The molecule has 0 atom stereocenters. The first-order chi connectivity index (χ1) is 15.1. The van der Waals surface area contributed by atoms with Crippen molar-refractivity contribution < 1.29 is 23.1 Å². The van der Waals surface area contributed by atoms with Gasteiger partial charge in [0.25, 0.3) is 0 Å². The van der Waals surface area contributed by atoms with Crippen LogP contribution in [0.25, 0.3) is 0 Å². The quantitative estimate of drug-likeness (QED) is 0.716. The topological polar surface area (TPSA) is 88.8 Å². The summed E-state index contributed by atoms with van der Waals surface area (Å²) in [6.07, 6.45) is 3.20. The summed E-state index contributed by atoms with van der Waals surface area (Å²) in [4.78, 5) is 11.9. The number of aromatic nitrogens is 1. The molecule has 8 heteroatoms. The first kappa shape index (κ1) is 23.0. The van der Waals surface area contributed by atoms with Gasteiger partial charge in [0.05, 0.1) is 18.1 Å². The molecule has 1 aliphatic carbocycles. The minimum Gasteiger partial charge on any atom is -0.480 e. The van der Waals surface area contributed by atoms with Crippen LogP contribution in [0.1, 0.15) is 48.3 Å². The number of hydrogen-bond acceptors (Lipinski definition) is 4. The first-order valence-electron chi connectivity index (χ1n) is 11.2. The second kappa shape index (κ2) is 8.65. The third kappa shape index (κ3) is 4.36. The highest BCUT2D eigenvalue weighted by Crippen LogP contribution is 2.40. The fraction of sp³-hybridized carbons (Fsp3) is 0.542. The van der Waals surface area contributed by atoms with E-state index >= 15 is 0 Å². The molecule has 0 amide bonds. The highest BCUT2D eigenvalue weighted by atomic mass is 32.2. The minimum absolute atomic E-state index is 0.0715. The van der Waals surface area contributed by atoms with Crippen LogP contribution >= 0.6 is 0 Å². The van der Waals surface area contributed by atoms with Crippen LogP contribution in [0.5, 0.6) is 0 Å². The van der Waals surface area contributed by atoms with Gasteiger partial charge in [-0.05, 0) is 54.4 Å². The van der Waals surface area contributed by atoms with Gasteiger partial charge in [-0.15, -0.1) is 0 Å². The summed E-state index contributed by atoms with van der Waals surface area (Å²) < 4.78 is 35.5. The summed E-state index contributed by atoms with van der Waals surface area (Å²) in [6.45, 7) is 7.84. The Morgan fingerprint density at radius 1 is 1.19 bits per heavy atom. The second-order valence-electron chi connectivity index (χ2n) is 9.61. The number of benzene rings is 1. The zero-order valence-electron chi connectivity index (χ0n) is 19.1. The van der Waals surface area contributed by atoms with Crippen molar-refractivity contribution in [1.82, 2.24) is 8.87 Å². The van der Waals surface area contributed by atoms with Crippen LogP contribution < -0.4 is 0 Å². The Balaban J connectivity index is 1.76. The molecule has 1 aliphatic heterocycles. The fourth-order valence-electron chi connectivity index (χ4n) is 5.03. The van der Waals surface area contributed by atoms with Crippen LogP contribution in [0, 0.1) is 12.3 Å². The van der Waals surface area contributed by atoms with E-state index in [1.54, 1.807) is 12.1 Å². The first-order valence-corrected chi connectivity index (χ1v) is 12.6. The van der Waals surface area contributed by atoms with Gasteiger partial charge >= 0.3 is 5.97 Å². The van der Waals surface area contributed by atoms with Crippen molar-refractivity contribution in [2.75, 3.05) is 26.3 Å². The van der Waals surface area contributed by atoms with Crippen LogP contribution in [-0.2, 0) is 45.4 Å². The number of carboxylic acids is 1. The normalized spacial score (nSPS) is 19.0. The molecule has 7 nitrogen and oxygen atoms in total. The maximum atomic E-state index is 13.4. The van der Waals surface area contributed by atoms with Crippen molar-refractivity contribution >= 4 is 16.0 Å². The lowest BCUT2D eigenvalue weighted by molar-refractivity contribution is -0.137. The van der Waals surface area contributed by atoms with Crippen molar-refractivity contribution in [3.63, 3.8) is 0 Å². The van der Waals surface area contributed by atoms with E-state index in [9.17, 15) is 18.3 Å². The molecular formula is C24H32N2O5S. The van der Waals surface area contributed by atoms with E-state index in [-0.39, 0.29) is 12.0 Å². The maximum absolute atomic E-state index is 13.4. The number of hydrogen-bond donors (Lipinski definition) is 1. The Bertz CT molecular complexity index is 1130. The molecule has 1 fully saturated rings. The Morgan fingerprint density at radius 3 is 2.56 bits per heavy atom. The van der Waals surface area contributed by atoms with E-state index in [0.29, 0.717) is 37.6 Å². The van der Waals surface area contributed by atoms with E-state index in [2.05, 4.69) is 13.8 Å². The highest BCUT2D eigenvalue weighted by Gasteiger charge is 2.33. The number of carboxylic acid groups (broad SMARTS) is 1. The lowest BCUT2D eigenvalue weighted by Gasteiger charge is -2.31. The molecule has 2 aliphatic rings. The lowest BCUT2D eigenvalue weighted by Crippen LogP contribution is -2.40. The van der Waals surface area contributed by atoms with Crippen molar-refractivity contribution in [2.45, 2.75) is 57.9 Å². The molecular weight excluding hydrogens is 428 g/mol. The zero-order valence-corrected chi connectivity index (χ0v) is 19.9. The van der Waals surface area contributed by atoms with Gasteiger partial charge in [-0.1, -0.05) is 32.0 Å². The fourth-order valence-corrected chi connectivity index (χ4v) is 6.66. The van der Waals surface area contributed by atoms with Gasteiger partial charge in [0.1, 0.15) is 6.54 Å².